The van der Waals surface area contributed by atoms with Gasteiger partial charge in [-0.25, -0.2) is 4.98 Å². The lowest BCUT2D eigenvalue weighted by molar-refractivity contribution is 0.186. The maximum Gasteiger partial charge on any atom is 0.0977 e. The third-order valence-corrected chi connectivity index (χ3v) is 5.92. The summed E-state index contributed by atoms with van der Waals surface area (Å²) < 4.78 is 0. The molecule has 0 atom stereocenters. The third-order valence-electron chi connectivity index (χ3n) is 5.92. The Balaban J connectivity index is 1.37. The maximum atomic E-state index is 4.65. The van der Waals surface area contributed by atoms with Gasteiger partial charge in [-0.15, -0.1) is 0 Å². The number of rotatable bonds is 7. The zero-order valence-electron chi connectivity index (χ0n) is 17.9. The number of imidazole rings is 1. The first kappa shape index (κ1) is 19.7. The van der Waals surface area contributed by atoms with Crippen LogP contribution >= 0.6 is 0 Å². The lowest BCUT2D eigenvalue weighted by atomic mass is 10.0. The van der Waals surface area contributed by atoms with Crippen LogP contribution in [0.25, 0.3) is 33.5 Å². The van der Waals surface area contributed by atoms with Gasteiger partial charge < -0.3 is 15.6 Å². The summed E-state index contributed by atoms with van der Waals surface area (Å²) in [6, 6.07) is 15.1. The van der Waals surface area contributed by atoms with Gasteiger partial charge in [-0.3, -0.25) is 14.9 Å². The van der Waals surface area contributed by atoms with Gasteiger partial charge in [0.1, 0.15) is 0 Å². The highest BCUT2D eigenvalue weighted by Crippen LogP contribution is 2.30. The van der Waals surface area contributed by atoms with E-state index in [1.807, 2.05) is 37.4 Å². The van der Waals surface area contributed by atoms with Crippen LogP contribution in [0.4, 0.5) is 5.69 Å². The fourth-order valence-electron chi connectivity index (χ4n) is 3.91. The van der Waals surface area contributed by atoms with Gasteiger partial charge in [0, 0.05) is 48.9 Å². The van der Waals surface area contributed by atoms with Crippen LogP contribution in [-0.2, 0) is 0 Å². The lowest BCUT2D eigenvalue weighted by Crippen LogP contribution is -2.56. The molecule has 0 unspecified atom stereocenters. The summed E-state index contributed by atoms with van der Waals surface area (Å²) in [5.74, 6) is 0. The number of aromatic nitrogens is 4. The second-order valence-electron chi connectivity index (χ2n) is 8.14. The van der Waals surface area contributed by atoms with Gasteiger partial charge in [0.15, 0.2) is 0 Å². The molecule has 3 aromatic heterocycles. The van der Waals surface area contributed by atoms with Gasteiger partial charge in [-0.2, -0.15) is 0 Å². The van der Waals surface area contributed by atoms with Crippen LogP contribution < -0.4 is 10.6 Å². The molecule has 4 aromatic rings. The standard InChI is InChI=1S/C24H27N7/c1-16-4-3-5-22(30-16)24-23(28-15-29-24)17-6-7-21-18(10-17)11-19(12-27-21)26-8-9-31(2)20-13-25-14-20/h3-7,10-12,15,20,25-26H,8-9,13-14H2,1-2H3,(H,28,29). The van der Waals surface area contributed by atoms with Crippen LogP contribution in [0.5, 0.6) is 0 Å². The topological polar surface area (TPSA) is 81.8 Å². The number of pyridine rings is 2. The highest BCUT2D eigenvalue weighted by molar-refractivity contribution is 5.88. The monoisotopic (exact) mass is 413 g/mol. The van der Waals surface area contributed by atoms with Gasteiger partial charge >= 0.3 is 0 Å². The number of aryl methyl sites for hydroxylation is 1. The molecule has 1 fully saturated rings. The SMILES string of the molecule is Cc1cccc(-c2[nH]cnc2-c2ccc3ncc(NCCN(C)C4CNC4)cc3c2)n1. The van der Waals surface area contributed by atoms with E-state index < -0.39 is 0 Å². The fraction of sp³-hybridized carbons (Fsp3) is 0.292. The first-order valence-corrected chi connectivity index (χ1v) is 10.7. The van der Waals surface area contributed by atoms with Crippen molar-refractivity contribution in [1.29, 1.82) is 0 Å². The number of hydrogen-bond acceptors (Lipinski definition) is 6. The number of anilines is 1. The minimum absolute atomic E-state index is 0.657. The van der Waals surface area contributed by atoms with E-state index >= 15 is 0 Å². The Hall–Kier alpha value is -3.29. The Kier molecular flexibility index (Phi) is 5.36. The van der Waals surface area contributed by atoms with E-state index in [0.717, 1.165) is 71.1 Å². The number of nitrogens with one attached hydrogen (secondary N) is 3. The van der Waals surface area contributed by atoms with E-state index in [0.29, 0.717) is 6.04 Å². The number of hydrogen-bond donors (Lipinski definition) is 3. The highest BCUT2D eigenvalue weighted by Gasteiger charge is 2.20. The Morgan fingerprint density at radius 3 is 2.84 bits per heavy atom. The minimum Gasteiger partial charge on any atom is -0.382 e. The van der Waals surface area contributed by atoms with E-state index in [1.54, 1.807) is 6.33 Å². The summed E-state index contributed by atoms with van der Waals surface area (Å²) in [6.07, 6.45) is 3.63. The molecule has 1 aliphatic heterocycles. The normalized spacial score (nSPS) is 14.2. The molecule has 1 aromatic carbocycles. The van der Waals surface area contributed by atoms with Crippen LogP contribution in [0.15, 0.2) is 55.0 Å². The molecule has 0 amide bonds. The first-order chi connectivity index (χ1) is 15.2. The number of benzene rings is 1. The van der Waals surface area contributed by atoms with Crippen molar-refractivity contribution in [3.05, 3.63) is 60.7 Å². The molecule has 31 heavy (non-hydrogen) atoms. The fourth-order valence-corrected chi connectivity index (χ4v) is 3.91. The molecule has 0 spiro atoms. The van der Waals surface area contributed by atoms with Crippen LogP contribution in [0.2, 0.25) is 0 Å². The molecule has 3 N–H and O–H groups in total. The second kappa shape index (κ2) is 8.45. The van der Waals surface area contributed by atoms with Crippen molar-refractivity contribution in [3.63, 3.8) is 0 Å². The van der Waals surface area contributed by atoms with E-state index in [2.05, 4.69) is 60.7 Å². The summed E-state index contributed by atoms with van der Waals surface area (Å²) >= 11 is 0. The molecule has 1 saturated heterocycles. The van der Waals surface area contributed by atoms with Crippen LogP contribution in [0.3, 0.4) is 0 Å². The Labute approximate surface area is 182 Å². The van der Waals surface area contributed by atoms with E-state index in [9.17, 15) is 0 Å². The Bertz CT molecular complexity index is 1200. The predicted molar refractivity (Wildman–Crippen MR) is 125 cm³/mol. The highest BCUT2D eigenvalue weighted by atomic mass is 15.2. The van der Waals surface area contributed by atoms with E-state index in [4.69, 9.17) is 0 Å². The van der Waals surface area contributed by atoms with Crippen molar-refractivity contribution in [2.75, 3.05) is 38.5 Å². The lowest BCUT2D eigenvalue weighted by Gasteiger charge is -2.35. The molecule has 0 radical (unpaired) electrons. The molecule has 0 saturated carbocycles. The van der Waals surface area contributed by atoms with Gasteiger partial charge in [0.25, 0.3) is 0 Å². The molecule has 0 aliphatic carbocycles. The molecule has 5 rings (SSSR count). The zero-order valence-corrected chi connectivity index (χ0v) is 17.9. The molecule has 158 valence electrons. The quantitative estimate of drug-likeness (QED) is 0.431. The molecule has 4 heterocycles. The van der Waals surface area contributed by atoms with Crippen molar-refractivity contribution >= 4 is 16.6 Å². The van der Waals surface area contributed by atoms with E-state index in [-0.39, 0.29) is 0 Å². The molecule has 0 bridgehead atoms. The Morgan fingerprint density at radius 2 is 2.03 bits per heavy atom. The predicted octanol–water partition coefficient (Wildman–Crippen LogP) is 3.31. The number of likely N-dealkylation sites (N-methyl/N-ethyl adjacent to an activating group) is 1. The number of fused-ring (bicyclic) bond motifs is 1. The average Bonchev–Trinajstić information content (AvgIpc) is 3.22. The smallest absolute Gasteiger partial charge is 0.0977 e. The van der Waals surface area contributed by atoms with E-state index in [1.165, 1.54) is 0 Å². The maximum absolute atomic E-state index is 4.65. The van der Waals surface area contributed by atoms with Crippen molar-refractivity contribution in [2.45, 2.75) is 13.0 Å². The number of H-pyrrole nitrogens is 1. The van der Waals surface area contributed by atoms with Crippen molar-refractivity contribution in [2.24, 2.45) is 0 Å². The number of nitrogens with zero attached hydrogens (tertiary/aromatic N) is 4. The van der Waals surface area contributed by atoms with Crippen LogP contribution in [0.1, 0.15) is 5.69 Å². The Morgan fingerprint density at radius 1 is 1.13 bits per heavy atom. The van der Waals surface area contributed by atoms with Gasteiger partial charge in [0.05, 0.1) is 40.8 Å². The summed E-state index contributed by atoms with van der Waals surface area (Å²) in [7, 11) is 2.18. The minimum atomic E-state index is 0.657. The summed E-state index contributed by atoms with van der Waals surface area (Å²) in [6.45, 7) is 6.07. The second-order valence-corrected chi connectivity index (χ2v) is 8.14. The average molecular weight is 414 g/mol. The molecule has 7 heteroatoms. The summed E-state index contributed by atoms with van der Waals surface area (Å²) in [5, 5.41) is 7.92. The van der Waals surface area contributed by atoms with Crippen molar-refractivity contribution in [1.82, 2.24) is 30.2 Å². The molecular weight excluding hydrogens is 386 g/mol. The van der Waals surface area contributed by atoms with Crippen LogP contribution in [0, 0.1) is 6.92 Å². The number of aromatic amines is 1. The molecular formula is C24H27N7. The van der Waals surface area contributed by atoms with Gasteiger partial charge in [0.2, 0.25) is 0 Å². The van der Waals surface area contributed by atoms with Gasteiger partial charge in [-0.1, -0.05) is 12.1 Å². The largest absolute Gasteiger partial charge is 0.382 e. The van der Waals surface area contributed by atoms with Crippen molar-refractivity contribution in [3.8, 4) is 22.6 Å². The zero-order chi connectivity index (χ0) is 21.2. The summed E-state index contributed by atoms with van der Waals surface area (Å²) in [5.41, 5.74) is 6.75. The summed E-state index contributed by atoms with van der Waals surface area (Å²) in [4.78, 5) is 19.5. The van der Waals surface area contributed by atoms with Crippen molar-refractivity contribution < 1.29 is 0 Å². The third kappa shape index (κ3) is 4.15. The molecule has 7 nitrogen and oxygen atoms in total. The first-order valence-electron chi connectivity index (χ1n) is 10.7. The van der Waals surface area contributed by atoms with Crippen LogP contribution in [-0.4, -0.2) is 64.1 Å². The molecule has 1 aliphatic rings. The van der Waals surface area contributed by atoms with Gasteiger partial charge in [-0.05, 0) is 44.3 Å².